The Morgan fingerprint density at radius 3 is 2.70 bits per heavy atom. The number of rotatable bonds is 3. The van der Waals surface area contributed by atoms with E-state index in [0.717, 1.165) is 0 Å². The highest BCUT2D eigenvalue weighted by atomic mass is 79.9. The molecule has 0 aromatic heterocycles. The maximum atomic E-state index is 13.9. The van der Waals surface area contributed by atoms with E-state index in [4.69, 9.17) is 4.74 Å². The van der Waals surface area contributed by atoms with E-state index in [2.05, 4.69) is 21.2 Å². The van der Waals surface area contributed by atoms with Crippen molar-refractivity contribution in [3.8, 4) is 5.75 Å². The monoisotopic (exact) mass is 337 g/mol. The van der Waals surface area contributed by atoms with Gasteiger partial charge in [0.25, 0.3) is 5.91 Å². The molecular weight excluding hydrogens is 325 g/mol. The summed E-state index contributed by atoms with van der Waals surface area (Å²) in [6.07, 6.45) is 0. The molecule has 5 heteroatoms. The number of amides is 1. The van der Waals surface area contributed by atoms with E-state index < -0.39 is 11.7 Å². The second-order valence-corrected chi connectivity index (χ2v) is 5.09. The van der Waals surface area contributed by atoms with Gasteiger partial charge in [-0.05, 0) is 52.7 Å². The molecule has 0 aliphatic carbocycles. The Morgan fingerprint density at radius 2 is 2.05 bits per heavy atom. The van der Waals surface area contributed by atoms with E-state index >= 15 is 0 Å². The smallest absolute Gasteiger partial charge is 0.258 e. The van der Waals surface area contributed by atoms with Crippen molar-refractivity contribution in [3.63, 3.8) is 0 Å². The molecule has 1 amide bonds. The molecule has 0 radical (unpaired) electrons. The maximum absolute atomic E-state index is 13.9. The summed E-state index contributed by atoms with van der Waals surface area (Å²) in [6.45, 7) is 1.62. The topological polar surface area (TPSA) is 38.3 Å². The molecule has 2 aromatic carbocycles. The first-order valence-electron chi connectivity index (χ1n) is 5.93. The van der Waals surface area contributed by atoms with Crippen molar-refractivity contribution in [1.29, 1.82) is 0 Å². The van der Waals surface area contributed by atoms with Gasteiger partial charge < -0.3 is 10.1 Å². The Hall–Kier alpha value is -1.88. The average molecular weight is 338 g/mol. The van der Waals surface area contributed by atoms with Crippen molar-refractivity contribution in [1.82, 2.24) is 0 Å². The standard InChI is InChI=1S/C15H13BrFNO2/c1-9-4-3-5-11(14(9)17)15(19)18-10-6-7-13(20-2)12(16)8-10/h3-8H,1-2H3,(H,18,19). The second kappa shape index (κ2) is 6.05. The Bertz CT molecular complexity index is 658. The zero-order valence-corrected chi connectivity index (χ0v) is 12.6. The minimum atomic E-state index is -0.502. The predicted octanol–water partition coefficient (Wildman–Crippen LogP) is 4.16. The van der Waals surface area contributed by atoms with Crippen LogP contribution in [0.25, 0.3) is 0 Å². The predicted molar refractivity (Wildman–Crippen MR) is 79.8 cm³/mol. The van der Waals surface area contributed by atoms with Gasteiger partial charge in [0.05, 0.1) is 17.1 Å². The Balaban J connectivity index is 2.24. The van der Waals surface area contributed by atoms with Crippen LogP contribution in [-0.4, -0.2) is 13.0 Å². The molecular formula is C15H13BrFNO2. The normalized spacial score (nSPS) is 10.2. The fourth-order valence-corrected chi connectivity index (χ4v) is 2.31. The summed E-state index contributed by atoms with van der Waals surface area (Å²) in [7, 11) is 1.56. The fourth-order valence-electron chi connectivity index (χ4n) is 1.77. The lowest BCUT2D eigenvalue weighted by atomic mass is 10.1. The number of hydrogen-bond donors (Lipinski definition) is 1. The largest absolute Gasteiger partial charge is 0.496 e. The van der Waals surface area contributed by atoms with Crippen LogP contribution >= 0.6 is 15.9 Å². The summed E-state index contributed by atoms with van der Waals surface area (Å²) in [5.41, 5.74) is 1.02. The van der Waals surface area contributed by atoms with Crippen LogP contribution in [0, 0.1) is 12.7 Å². The molecule has 0 heterocycles. The molecule has 0 atom stereocenters. The van der Waals surface area contributed by atoms with Gasteiger partial charge in [0.1, 0.15) is 11.6 Å². The van der Waals surface area contributed by atoms with E-state index in [1.165, 1.54) is 6.07 Å². The van der Waals surface area contributed by atoms with Crippen LogP contribution in [0.2, 0.25) is 0 Å². The van der Waals surface area contributed by atoms with Crippen LogP contribution in [0.5, 0.6) is 5.75 Å². The van der Waals surface area contributed by atoms with E-state index in [1.54, 1.807) is 44.4 Å². The summed E-state index contributed by atoms with van der Waals surface area (Å²) < 4.78 is 19.7. The molecule has 0 fully saturated rings. The first-order valence-corrected chi connectivity index (χ1v) is 6.72. The molecule has 0 aliphatic rings. The van der Waals surface area contributed by atoms with Gasteiger partial charge in [-0.15, -0.1) is 0 Å². The molecule has 0 spiro atoms. The van der Waals surface area contributed by atoms with Crippen LogP contribution < -0.4 is 10.1 Å². The van der Waals surface area contributed by atoms with Gasteiger partial charge >= 0.3 is 0 Å². The maximum Gasteiger partial charge on any atom is 0.258 e. The Kier molecular flexibility index (Phi) is 4.39. The van der Waals surface area contributed by atoms with Crippen molar-refractivity contribution in [2.45, 2.75) is 6.92 Å². The Labute approximate surface area is 124 Å². The molecule has 1 N–H and O–H groups in total. The van der Waals surface area contributed by atoms with Crippen LogP contribution in [0.4, 0.5) is 10.1 Å². The first kappa shape index (κ1) is 14.5. The lowest BCUT2D eigenvalue weighted by Gasteiger charge is -2.09. The molecule has 20 heavy (non-hydrogen) atoms. The van der Waals surface area contributed by atoms with Gasteiger partial charge in [0, 0.05) is 5.69 Å². The molecule has 104 valence electrons. The third kappa shape index (κ3) is 2.99. The highest BCUT2D eigenvalue weighted by Crippen LogP contribution is 2.28. The number of benzene rings is 2. The number of carbonyl (C=O) groups is 1. The van der Waals surface area contributed by atoms with Crippen molar-refractivity contribution in [3.05, 3.63) is 57.8 Å². The van der Waals surface area contributed by atoms with Crippen molar-refractivity contribution < 1.29 is 13.9 Å². The second-order valence-electron chi connectivity index (χ2n) is 4.24. The van der Waals surface area contributed by atoms with Crippen LogP contribution in [0.3, 0.4) is 0 Å². The number of ether oxygens (including phenoxy) is 1. The van der Waals surface area contributed by atoms with Crippen molar-refractivity contribution in [2.24, 2.45) is 0 Å². The molecule has 0 saturated carbocycles. The van der Waals surface area contributed by atoms with Crippen molar-refractivity contribution in [2.75, 3.05) is 12.4 Å². The van der Waals surface area contributed by atoms with E-state index in [-0.39, 0.29) is 5.56 Å². The SMILES string of the molecule is COc1ccc(NC(=O)c2cccc(C)c2F)cc1Br. The summed E-state index contributed by atoms with van der Waals surface area (Å²) in [6, 6.07) is 9.83. The first-order chi connectivity index (χ1) is 9.52. The van der Waals surface area contributed by atoms with Crippen LogP contribution in [0.1, 0.15) is 15.9 Å². The third-order valence-corrected chi connectivity index (χ3v) is 3.47. The number of hydrogen-bond acceptors (Lipinski definition) is 2. The highest BCUT2D eigenvalue weighted by Gasteiger charge is 2.13. The molecule has 0 aliphatic heterocycles. The third-order valence-electron chi connectivity index (χ3n) is 2.85. The quantitative estimate of drug-likeness (QED) is 0.913. The van der Waals surface area contributed by atoms with Gasteiger partial charge in [0.15, 0.2) is 0 Å². The van der Waals surface area contributed by atoms with Crippen molar-refractivity contribution >= 4 is 27.5 Å². The average Bonchev–Trinajstić information content (AvgIpc) is 2.42. The van der Waals surface area contributed by atoms with E-state index in [9.17, 15) is 9.18 Å². The number of carbonyl (C=O) groups excluding carboxylic acids is 1. The van der Waals surface area contributed by atoms with Gasteiger partial charge in [-0.1, -0.05) is 12.1 Å². The summed E-state index contributed by atoms with van der Waals surface area (Å²) >= 11 is 3.33. The number of methoxy groups -OCH3 is 1. The summed E-state index contributed by atoms with van der Waals surface area (Å²) in [5, 5.41) is 2.65. The number of aryl methyl sites for hydroxylation is 1. The minimum absolute atomic E-state index is 0.0249. The lowest BCUT2D eigenvalue weighted by molar-refractivity contribution is 0.102. The molecule has 0 saturated heterocycles. The van der Waals surface area contributed by atoms with Gasteiger partial charge in [-0.3, -0.25) is 4.79 Å². The lowest BCUT2D eigenvalue weighted by Crippen LogP contribution is -2.14. The van der Waals surface area contributed by atoms with E-state index in [1.807, 2.05) is 0 Å². The number of halogens is 2. The summed E-state index contributed by atoms with van der Waals surface area (Å²) in [5.74, 6) is -0.328. The van der Waals surface area contributed by atoms with E-state index in [0.29, 0.717) is 21.5 Å². The van der Waals surface area contributed by atoms with Gasteiger partial charge in [0.2, 0.25) is 0 Å². The minimum Gasteiger partial charge on any atom is -0.496 e. The Morgan fingerprint density at radius 1 is 1.30 bits per heavy atom. The highest BCUT2D eigenvalue weighted by molar-refractivity contribution is 9.10. The van der Waals surface area contributed by atoms with Crippen LogP contribution in [0.15, 0.2) is 40.9 Å². The molecule has 0 unspecified atom stereocenters. The molecule has 2 rings (SSSR count). The number of anilines is 1. The molecule has 3 nitrogen and oxygen atoms in total. The zero-order valence-electron chi connectivity index (χ0n) is 11.0. The molecule has 2 aromatic rings. The van der Waals surface area contributed by atoms with Crippen LogP contribution in [-0.2, 0) is 0 Å². The number of nitrogens with one attached hydrogen (secondary N) is 1. The molecule has 0 bridgehead atoms. The fraction of sp³-hybridized carbons (Fsp3) is 0.133. The zero-order chi connectivity index (χ0) is 14.7. The van der Waals surface area contributed by atoms with Gasteiger partial charge in [-0.25, -0.2) is 4.39 Å². The van der Waals surface area contributed by atoms with Gasteiger partial charge in [-0.2, -0.15) is 0 Å². The summed E-state index contributed by atoms with van der Waals surface area (Å²) in [4.78, 5) is 12.1.